The molecule has 0 aliphatic carbocycles. The Balaban J connectivity index is 1.79. The van der Waals surface area contributed by atoms with E-state index in [2.05, 4.69) is 10.6 Å². The lowest BCUT2D eigenvalue weighted by molar-refractivity contribution is -0.147. The van der Waals surface area contributed by atoms with E-state index in [1.165, 1.54) is 6.92 Å². The van der Waals surface area contributed by atoms with Crippen molar-refractivity contribution >= 4 is 17.5 Å². The monoisotopic (exact) mass is 340 g/mol. The molecule has 0 saturated carbocycles. The molecule has 0 spiro atoms. The summed E-state index contributed by atoms with van der Waals surface area (Å²) in [6.07, 6.45) is 0. The summed E-state index contributed by atoms with van der Waals surface area (Å²) in [6, 6.07) is 14.1. The zero-order chi connectivity index (χ0) is 18.0. The Morgan fingerprint density at radius 3 is 2.76 bits per heavy atom. The second-order valence-electron chi connectivity index (χ2n) is 6.06. The SMILES string of the molecule is COc1cccc(C(C)NC(=O)C2(C)Oc3ccccc3NC2=O)c1. The number of hydrogen-bond acceptors (Lipinski definition) is 4. The van der Waals surface area contributed by atoms with Crippen LogP contribution in [0, 0.1) is 0 Å². The van der Waals surface area contributed by atoms with Crippen molar-refractivity contribution in [2.24, 2.45) is 0 Å². The summed E-state index contributed by atoms with van der Waals surface area (Å²) in [6.45, 7) is 3.30. The Bertz CT molecular complexity index is 821. The normalized spacial score (nSPS) is 19.9. The summed E-state index contributed by atoms with van der Waals surface area (Å²) < 4.78 is 10.9. The maximum absolute atomic E-state index is 12.8. The second-order valence-corrected chi connectivity index (χ2v) is 6.06. The lowest BCUT2D eigenvalue weighted by Crippen LogP contribution is -2.59. The fourth-order valence-electron chi connectivity index (χ4n) is 2.64. The third-order valence-corrected chi connectivity index (χ3v) is 4.26. The highest BCUT2D eigenvalue weighted by molar-refractivity contribution is 6.15. The van der Waals surface area contributed by atoms with Crippen LogP contribution < -0.4 is 20.1 Å². The van der Waals surface area contributed by atoms with Gasteiger partial charge in [-0.25, -0.2) is 0 Å². The highest BCUT2D eigenvalue weighted by Gasteiger charge is 2.47. The molecule has 2 aromatic rings. The van der Waals surface area contributed by atoms with Gasteiger partial charge in [-0.15, -0.1) is 0 Å². The van der Waals surface area contributed by atoms with Gasteiger partial charge in [0, 0.05) is 0 Å². The molecule has 1 aliphatic heterocycles. The molecule has 0 saturated heterocycles. The zero-order valence-corrected chi connectivity index (χ0v) is 14.3. The van der Waals surface area contributed by atoms with Crippen LogP contribution in [-0.2, 0) is 9.59 Å². The number of para-hydroxylation sites is 2. The largest absolute Gasteiger partial charge is 0.497 e. The molecule has 2 N–H and O–H groups in total. The molecular weight excluding hydrogens is 320 g/mol. The van der Waals surface area contributed by atoms with Gasteiger partial charge < -0.3 is 20.1 Å². The number of rotatable bonds is 4. The van der Waals surface area contributed by atoms with Gasteiger partial charge in [-0.05, 0) is 43.7 Å². The summed E-state index contributed by atoms with van der Waals surface area (Å²) in [7, 11) is 1.58. The van der Waals surface area contributed by atoms with E-state index in [4.69, 9.17) is 9.47 Å². The standard InChI is InChI=1S/C19H20N2O4/c1-12(13-7-6-8-14(11-13)24-3)20-17(22)19(2)18(23)21-15-9-4-5-10-16(15)25-19/h4-12H,1-3H3,(H,20,22)(H,21,23). The average Bonchev–Trinajstić information content (AvgIpc) is 2.62. The predicted molar refractivity (Wildman–Crippen MR) is 93.7 cm³/mol. The molecule has 130 valence electrons. The third-order valence-electron chi connectivity index (χ3n) is 4.26. The molecule has 2 unspecified atom stereocenters. The predicted octanol–water partition coefficient (Wildman–Crippen LogP) is 2.66. The van der Waals surface area contributed by atoms with Gasteiger partial charge >= 0.3 is 0 Å². The Hall–Kier alpha value is -3.02. The number of anilines is 1. The first-order valence-electron chi connectivity index (χ1n) is 7.98. The van der Waals surface area contributed by atoms with Crippen molar-refractivity contribution in [3.8, 4) is 11.5 Å². The smallest absolute Gasteiger partial charge is 0.278 e. The molecule has 1 aliphatic rings. The van der Waals surface area contributed by atoms with Crippen LogP contribution in [0.5, 0.6) is 11.5 Å². The van der Waals surface area contributed by atoms with Gasteiger partial charge in [0.2, 0.25) is 0 Å². The number of benzene rings is 2. The number of carbonyl (C=O) groups is 2. The van der Waals surface area contributed by atoms with Crippen molar-refractivity contribution in [1.82, 2.24) is 5.32 Å². The van der Waals surface area contributed by atoms with Crippen molar-refractivity contribution in [2.75, 3.05) is 12.4 Å². The molecule has 2 amide bonds. The first-order valence-corrected chi connectivity index (χ1v) is 7.98. The Labute approximate surface area is 146 Å². The van der Waals surface area contributed by atoms with Gasteiger partial charge in [0.25, 0.3) is 17.4 Å². The van der Waals surface area contributed by atoms with Gasteiger partial charge in [0.05, 0.1) is 18.8 Å². The number of ether oxygens (including phenoxy) is 2. The summed E-state index contributed by atoms with van der Waals surface area (Å²) in [5, 5.41) is 5.56. The quantitative estimate of drug-likeness (QED) is 0.839. The van der Waals surface area contributed by atoms with Gasteiger partial charge in [-0.2, -0.15) is 0 Å². The Morgan fingerprint density at radius 1 is 1.24 bits per heavy atom. The highest BCUT2D eigenvalue weighted by Crippen LogP contribution is 2.33. The maximum atomic E-state index is 12.8. The average molecular weight is 340 g/mol. The fraction of sp³-hybridized carbons (Fsp3) is 0.263. The molecule has 0 aromatic heterocycles. The van der Waals surface area contributed by atoms with E-state index in [0.717, 1.165) is 5.56 Å². The lowest BCUT2D eigenvalue weighted by Gasteiger charge is -2.34. The summed E-state index contributed by atoms with van der Waals surface area (Å²) in [4.78, 5) is 25.2. The first kappa shape index (κ1) is 16.8. The second kappa shape index (κ2) is 6.47. The highest BCUT2D eigenvalue weighted by atomic mass is 16.5. The van der Waals surface area contributed by atoms with Crippen LogP contribution in [0.1, 0.15) is 25.5 Å². The number of hydrogen-bond donors (Lipinski definition) is 2. The van der Waals surface area contributed by atoms with Crippen molar-refractivity contribution in [3.05, 3.63) is 54.1 Å². The molecule has 25 heavy (non-hydrogen) atoms. The minimum atomic E-state index is -1.64. The van der Waals surface area contributed by atoms with Crippen LogP contribution in [0.15, 0.2) is 48.5 Å². The van der Waals surface area contributed by atoms with Crippen LogP contribution in [0.3, 0.4) is 0 Å². The number of carbonyl (C=O) groups excluding carboxylic acids is 2. The summed E-state index contributed by atoms with van der Waals surface area (Å²) in [5.74, 6) is 0.163. The number of fused-ring (bicyclic) bond motifs is 1. The molecule has 2 atom stereocenters. The lowest BCUT2D eigenvalue weighted by atomic mass is 10.00. The molecule has 2 aromatic carbocycles. The Morgan fingerprint density at radius 2 is 2.00 bits per heavy atom. The van der Waals surface area contributed by atoms with Gasteiger partial charge in [-0.1, -0.05) is 24.3 Å². The van der Waals surface area contributed by atoms with Crippen LogP contribution >= 0.6 is 0 Å². The number of nitrogens with one attached hydrogen (secondary N) is 2. The minimum absolute atomic E-state index is 0.312. The van der Waals surface area contributed by atoms with E-state index in [-0.39, 0.29) is 6.04 Å². The molecule has 3 rings (SSSR count). The molecular formula is C19H20N2O4. The third kappa shape index (κ3) is 3.15. The fourth-order valence-corrected chi connectivity index (χ4v) is 2.64. The van der Waals surface area contributed by atoms with Gasteiger partial charge in [0.1, 0.15) is 11.5 Å². The van der Waals surface area contributed by atoms with Crippen molar-refractivity contribution in [1.29, 1.82) is 0 Å². The van der Waals surface area contributed by atoms with Crippen molar-refractivity contribution in [2.45, 2.75) is 25.5 Å². The van der Waals surface area contributed by atoms with E-state index in [1.54, 1.807) is 31.4 Å². The molecule has 0 fully saturated rings. The van der Waals surface area contributed by atoms with E-state index < -0.39 is 17.4 Å². The van der Waals surface area contributed by atoms with E-state index >= 15 is 0 Å². The van der Waals surface area contributed by atoms with E-state index in [1.807, 2.05) is 31.2 Å². The Kier molecular flexibility index (Phi) is 4.35. The van der Waals surface area contributed by atoms with E-state index in [9.17, 15) is 9.59 Å². The van der Waals surface area contributed by atoms with Crippen molar-refractivity contribution in [3.63, 3.8) is 0 Å². The molecule has 1 heterocycles. The van der Waals surface area contributed by atoms with Crippen molar-refractivity contribution < 1.29 is 19.1 Å². The maximum Gasteiger partial charge on any atom is 0.278 e. The molecule has 6 nitrogen and oxygen atoms in total. The van der Waals surface area contributed by atoms with Crippen LogP contribution in [0.4, 0.5) is 5.69 Å². The topological polar surface area (TPSA) is 76.7 Å². The summed E-state index contributed by atoms with van der Waals surface area (Å²) >= 11 is 0. The minimum Gasteiger partial charge on any atom is -0.497 e. The zero-order valence-electron chi connectivity index (χ0n) is 14.3. The molecule has 0 radical (unpaired) electrons. The van der Waals surface area contributed by atoms with Gasteiger partial charge in [0.15, 0.2) is 0 Å². The van der Waals surface area contributed by atoms with Crippen LogP contribution in [0.25, 0.3) is 0 Å². The molecule has 6 heteroatoms. The van der Waals surface area contributed by atoms with Gasteiger partial charge in [-0.3, -0.25) is 9.59 Å². The first-order chi connectivity index (χ1) is 11.9. The van der Waals surface area contributed by atoms with Crippen LogP contribution in [0.2, 0.25) is 0 Å². The summed E-state index contributed by atoms with van der Waals surface area (Å²) in [5.41, 5.74) is -0.215. The van der Waals surface area contributed by atoms with E-state index in [0.29, 0.717) is 17.2 Å². The van der Waals surface area contributed by atoms with Crippen LogP contribution in [-0.4, -0.2) is 24.5 Å². The number of methoxy groups -OCH3 is 1. The number of amides is 2. The molecule has 0 bridgehead atoms.